The molecule has 0 radical (unpaired) electrons. The van der Waals surface area contributed by atoms with Crippen LogP contribution in [0.15, 0.2) is 85.3 Å². The average Bonchev–Trinajstić information content (AvgIpc) is 3.74. The van der Waals surface area contributed by atoms with Crippen LogP contribution in [0, 0.1) is 0 Å². The Kier molecular flexibility index (Phi) is 11.3. The van der Waals surface area contributed by atoms with E-state index in [2.05, 4.69) is 35.5 Å². The quantitative estimate of drug-likeness (QED) is 0.0873. The molecule has 4 amide bonds. The van der Waals surface area contributed by atoms with E-state index < -0.39 is 23.6 Å². The number of amides is 4. The van der Waals surface area contributed by atoms with Gasteiger partial charge in [-0.25, -0.2) is 15.0 Å². The van der Waals surface area contributed by atoms with E-state index in [1.54, 1.807) is 57.7 Å². The number of morpholine rings is 1. The number of rotatable bonds is 15. The number of imidazole rings is 2. The number of nitrogens with two attached hydrogens (primary N) is 2. The fourth-order valence-corrected chi connectivity index (χ4v) is 6.15. The van der Waals surface area contributed by atoms with Crippen LogP contribution >= 0.6 is 0 Å². The van der Waals surface area contributed by atoms with E-state index in [9.17, 15) is 19.2 Å². The third-order valence-electron chi connectivity index (χ3n) is 8.93. The molecule has 6 N–H and O–H groups in total. The minimum absolute atomic E-state index is 0.158. The smallest absolute Gasteiger partial charge is 0.276 e. The number of pyridine rings is 3. The van der Waals surface area contributed by atoms with Gasteiger partial charge in [0.15, 0.2) is 5.65 Å². The first kappa shape index (κ1) is 37.3. The number of benzene rings is 1. The van der Waals surface area contributed by atoms with Crippen molar-refractivity contribution in [1.82, 2.24) is 39.0 Å². The Labute approximate surface area is 319 Å². The Morgan fingerprint density at radius 2 is 1.38 bits per heavy atom. The molecule has 0 aliphatic carbocycles. The normalized spacial score (nSPS) is 13.3. The fraction of sp³-hybridized carbons (Fsp3) is 0.237. The predicted molar refractivity (Wildman–Crippen MR) is 205 cm³/mol. The van der Waals surface area contributed by atoms with E-state index in [1.165, 1.54) is 24.7 Å². The van der Waals surface area contributed by atoms with Crippen molar-refractivity contribution in [2.75, 3.05) is 50.1 Å². The molecule has 6 aromatic rings. The Morgan fingerprint density at radius 3 is 2.00 bits per heavy atom. The number of fused-ring (bicyclic) bond motifs is 2. The van der Waals surface area contributed by atoms with Crippen LogP contribution < -0.4 is 26.8 Å². The number of hydrogen-bond acceptors (Lipinski definition) is 12. The number of hydrogen-bond donors (Lipinski definition) is 4. The zero-order valence-corrected chi connectivity index (χ0v) is 30.1. The molecule has 1 saturated heterocycles. The van der Waals surface area contributed by atoms with Crippen LogP contribution in [0.5, 0.6) is 5.75 Å². The first-order chi connectivity index (χ1) is 27.2. The van der Waals surface area contributed by atoms with Gasteiger partial charge in [0.2, 0.25) is 23.7 Å². The van der Waals surface area contributed by atoms with Gasteiger partial charge in [-0.15, -0.1) is 0 Å². The van der Waals surface area contributed by atoms with Gasteiger partial charge in [-0.3, -0.25) is 49.2 Å². The third kappa shape index (κ3) is 8.51. The number of ether oxygens (including phenoxy) is 2. The SMILES string of the molecule is NC(=O)c1cnc2c(c1)nc(NC(=O)c1ccccn1)n2C/C=C/Cn1c(NC(=O)c2ccccn2)nc2cc(C(N)=O)cc(OCCCN3CCOCC3)c21. The van der Waals surface area contributed by atoms with Gasteiger partial charge in [0, 0.05) is 56.9 Å². The molecule has 18 heteroatoms. The highest BCUT2D eigenvalue weighted by atomic mass is 16.5. The van der Waals surface area contributed by atoms with Crippen molar-refractivity contribution in [3.8, 4) is 5.75 Å². The molecule has 1 aliphatic rings. The molecule has 18 nitrogen and oxygen atoms in total. The average molecular weight is 759 g/mol. The molecule has 0 atom stereocenters. The van der Waals surface area contributed by atoms with Gasteiger partial charge >= 0.3 is 0 Å². The minimum Gasteiger partial charge on any atom is -0.491 e. The monoisotopic (exact) mass is 758 g/mol. The lowest BCUT2D eigenvalue weighted by Crippen LogP contribution is -2.37. The summed E-state index contributed by atoms with van der Waals surface area (Å²) in [6, 6.07) is 14.6. The van der Waals surface area contributed by atoms with E-state index >= 15 is 0 Å². The van der Waals surface area contributed by atoms with Crippen molar-refractivity contribution in [2.24, 2.45) is 11.5 Å². The first-order valence-electron chi connectivity index (χ1n) is 17.8. The van der Waals surface area contributed by atoms with Gasteiger partial charge in [0.1, 0.15) is 28.2 Å². The van der Waals surface area contributed by atoms with Crippen LogP contribution in [0.25, 0.3) is 22.2 Å². The zero-order chi connectivity index (χ0) is 39.0. The number of carbonyl (C=O) groups excluding carboxylic acids is 4. The van der Waals surface area contributed by atoms with Gasteiger partial charge in [-0.2, -0.15) is 0 Å². The highest BCUT2D eigenvalue weighted by Crippen LogP contribution is 2.31. The highest BCUT2D eigenvalue weighted by Gasteiger charge is 2.21. The van der Waals surface area contributed by atoms with E-state index in [0.29, 0.717) is 54.2 Å². The Balaban J connectivity index is 1.20. The second-order valence-electron chi connectivity index (χ2n) is 12.7. The summed E-state index contributed by atoms with van der Waals surface area (Å²) in [6.45, 7) is 4.57. The zero-order valence-electron chi connectivity index (χ0n) is 30.1. The summed E-state index contributed by atoms with van der Waals surface area (Å²) in [5.74, 6) is -1.61. The van der Waals surface area contributed by atoms with E-state index in [1.807, 2.05) is 12.2 Å². The maximum Gasteiger partial charge on any atom is 0.276 e. The van der Waals surface area contributed by atoms with Crippen LogP contribution in [0.1, 0.15) is 48.1 Å². The van der Waals surface area contributed by atoms with Gasteiger partial charge in [0.05, 0.1) is 30.9 Å². The fourth-order valence-electron chi connectivity index (χ4n) is 6.15. The highest BCUT2D eigenvalue weighted by molar-refractivity contribution is 6.04. The lowest BCUT2D eigenvalue weighted by Gasteiger charge is -2.26. The van der Waals surface area contributed by atoms with Crippen molar-refractivity contribution in [3.05, 3.63) is 108 Å². The van der Waals surface area contributed by atoms with Crippen LogP contribution in [0.2, 0.25) is 0 Å². The molecule has 1 fully saturated rings. The minimum atomic E-state index is -0.671. The van der Waals surface area contributed by atoms with Crippen LogP contribution in [-0.4, -0.2) is 102 Å². The summed E-state index contributed by atoms with van der Waals surface area (Å²) in [6.07, 6.45) is 8.72. The standard InChI is InChI=1S/C38H38N12O6/c39-32(51)24-20-28-31(30(22-24)56-17-7-12-48-15-18-55-19-16-48)49(37(44-28)46-35(53)26-8-1-3-10-41-26)13-5-6-14-50-34-29(21-25(23-43-34)33(40)52)45-38(50)47-36(54)27-9-2-4-11-42-27/h1-6,8-11,20-23H,7,12-19H2,(H2,39,51)(H2,40,52)(H,44,46,53)(H,45,47,54)/b6-5+. The Bertz CT molecular complexity index is 2420. The number of nitrogens with one attached hydrogen (secondary N) is 2. The first-order valence-corrected chi connectivity index (χ1v) is 17.8. The van der Waals surface area contributed by atoms with Gasteiger partial charge in [0.25, 0.3) is 11.8 Å². The Hall–Kier alpha value is -7.05. The molecule has 0 spiro atoms. The number of primary amides is 2. The van der Waals surface area contributed by atoms with Crippen LogP contribution in [-0.2, 0) is 17.8 Å². The summed E-state index contributed by atoms with van der Waals surface area (Å²) < 4.78 is 15.2. The third-order valence-corrected chi connectivity index (χ3v) is 8.93. The van der Waals surface area contributed by atoms with Crippen molar-refractivity contribution in [2.45, 2.75) is 19.5 Å². The molecule has 6 heterocycles. The summed E-state index contributed by atoms with van der Waals surface area (Å²) in [4.78, 5) is 74.9. The number of anilines is 2. The second kappa shape index (κ2) is 17.0. The van der Waals surface area contributed by atoms with Crippen molar-refractivity contribution < 1.29 is 28.7 Å². The number of allylic oxidation sites excluding steroid dienone is 2. The molecule has 56 heavy (non-hydrogen) atoms. The van der Waals surface area contributed by atoms with Gasteiger partial charge in [-0.05, 0) is 48.9 Å². The Morgan fingerprint density at radius 1 is 0.768 bits per heavy atom. The lowest BCUT2D eigenvalue weighted by molar-refractivity contribution is 0.0358. The number of nitrogens with zero attached hydrogens (tertiary/aromatic N) is 8. The van der Waals surface area contributed by atoms with Crippen molar-refractivity contribution in [3.63, 3.8) is 0 Å². The van der Waals surface area contributed by atoms with Crippen LogP contribution in [0.3, 0.4) is 0 Å². The van der Waals surface area contributed by atoms with Crippen LogP contribution in [0.4, 0.5) is 11.9 Å². The van der Waals surface area contributed by atoms with Crippen molar-refractivity contribution in [1.29, 1.82) is 0 Å². The topological polar surface area (TPSA) is 240 Å². The van der Waals surface area contributed by atoms with Gasteiger partial charge < -0.3 is 25.5 Å². The van der Waals surface area contributed by atoms with Crippen molar-refractivity contribution >= 4 is 57.7 Å². The molecule has 5 aromatic heterocycles. The maximum atomic E-state index is 13.3. The molecule has 0 saturated carbocycles. The number of aromatic nitrogens is 7. The molecule has 0 unspecified atom stereocenters. The van der Waals surface area contributed by atoms with E-state index in [-0.39, 0.29) is 47.5 Å². The molecule has 286 valence electrons. The largest absolute Gasteiger partial charge is 0.491 e. The molecular formula is C38H38N12O6. The summed E-state index contributed by atoms with van der Waals surface area (Å²) >= 11 is 0. The van der Waals surface area contributed by atoms with E-state index in [4.69, 9.17) is 25.9 Å². The van der Waals surface area contributed by atoms with E-state index in [0.717, 1.165) is 19.6 Å². The summed E-state index contributed by atoms with van der Waals surface area (Å²) in [5, 5.41) is 5.64. The molecule has 7 rings (SSSR count). The summed E-state index contributed by atoms with van der Waals surface area (Å²) in [7, 11) is 0. The second-order valence-corrected chi connectivity index (χ2v) is 12.7. The number of carbonyl (C=O) groups is 4. The molecule has 1 aromatic carbocycles. The summed E-state index contributed by atoms with van der Waals surface area (Å²) in [5.41, 5.74) is 13.5. The van der Waals surface area contributed by atoms with Gasteiger partial charge in [-0.1, -0.05) is 24.3 Å². The predicted octanol–water partition coefficient (Wildman–Crippen LogP) is 2.63. The molecular weight excluding hydrogens is 720 g/mol. The molecule has 1 aliphatic heterocycles. The molecule has 0 bridgehead atoms. The lowest BCUT2D eigenvalue weighted by atomic mass is 10.1. The maximum absolute atomic E-state index is 13.3.